The molecule has 30 nitrogen and oxygen atoms in total. The summed E-state index contributed by atoms with van der Waals surface area (Å²) in [4.78, 5) is 95.7. The third-order valence-electron chi connectivity index (χ3n) is 19.2. The molecular formula is C87H79ClFN19O11. The molecular weight excluding hydrogens is 1540 g/mol. The molecule has 3 aliphatic heterocycles. The minimum Gasteiger partial charge on any atom is -0.485 e. The summed E-state index contributed by atoms with van der Waals surface area (Å²) < 4.78 is 49.0. The topological polar surface area (TPSA) is 386 Å². The Hall–Kier alpha value is -14.9. The summed E-state index contributed by atoms with van der Waals surface area (Å²) in [7, 11) is 11.4. The van der Waals surface area contributed by atoms with Gasteiger partial charge in [-0.2, -0.15) is 15.3 Å². The van der Waals surface area contributed by atoms with Crippen molar-refractivity contribution in [2.24, 2.45) is 0 Å². The third-order valence-corrected chi connectivity index (χ3v) is 19.5. The van der Waals surface area contributed by atoms with E-state index < -0.39 is 17.3 Å². The van der Waals surface area contributed by atoms with Gasteiger partial charge in [-0.3, -0.25) is 33.8 Å². The molecule has 3 aliphatic rings. The van der Waals surface area contributed by atoms with Gasteiger partial charge in [0.2, 0.25) is 17.7 Å². The van der Waals surface area contributed by atoms with Crippen molar-refractivity contribution in [2.45, 2.75) is 26.7 Å². The van der Waals surface area contributed by atoms with Crippen molar-refractivity contribution < 1.29 is 42.5 Å². The number of hydrogen-bond acceptors (Lipinski definition) is 21. The second kappa shape index (κ2) is 33.9. The highest BCUT2D eigenvalue weighted by Gasteiger charge is 2.33. The number of aromatic nitrogens is 10. The van der Waals surface area contributed by atoms with Gasteiger partial charge in [-0.15, -0.1) is 0 Å². The molecule has 7 aromatic carbocycles. The van der Waals surface area contributed by atoms with Gasteiger partial charge in [0.15, 0.2) is 23.1 Å². The van der Waals surface area contributed by atoms with Crippen LogP contribution in [0.3, 0.4) is 0 Å². The van der Waals surface area contributed by atoms with Crippen molar-refractivity contribution >= 4 is 96.5 Å². The van der Waals surface area contributed by atoms with E-state index in [2.05, 4.69) is 35.9 Å². The van der Waals surface area contributed by atoms with Crippen LogP contribution in [0.5, 0.6) is 40.2 Å². The van der Waals surface area contributed by atoms with Crippen molar-refractivity contribution in [1.82, 2.24) is 64.0 Å². The van der Waals surface area contributed by atoms with Crippen molar-refractivity contribution in [3.8, 4) is 90.8 Å². The lowest BCUT2D eigenvalue weighted by atomic mass is 9.97. The number of amides is 3. The van der Waals surface area contributed by atoms with Gasteiger partial charge < -0.3 is 86.5 Å². The lowest BCUT2D eigenvalue weighted by molar-refractivity contribution is -0.112. The number of para-hydroxylation sites is 3. The maximum absolute atomic E-state index is 15.0. The standard InChI is InChI=1S/C31H27FN6O4.C30H27N7O4.C26H25ClN6O3/c1-37(2)16-6-9-24(39)35-27-22(32)15-14-21-25-23(17-41-29(21)27)34-31(40)26-28(25)36-38(30(26)33)18-10-12-20(13-11-18)42-19-7-4-3-5-8-19;1-36(2)16-6-9-23(38)33-21-14-15-32-27-24-22(17-40-28(21)27)34-30(39)25-26(24)35-37(29(25)31)18-10-12-20(13-11-18)41-19-7-4-3-5-8-19;1-14-9-10-16(27)19(12-14)33-25(28)22-23(31-33)21-15-6-4-7-17(29-20(34)8-5-11-32(2)3)24(15)36-13-18(21)30-26(22)35/h3-15H,16-17,33H2,1-2H3,(H,34,40)(H,35,39);3-15H,16-17,31H2,1-2H3,(H,34,39)(H,32,33,38);4-10,12H,11,13,28H2,1-3H3,(H,29,34)(H,30,35)/b2*9-6+;8-5+. The Kier molecular flexibility index (Phi) is 22.6. The number of likely N-dealkylation sites (N-methyl/N-ethyl adjacent to an activating group) is 3. The van der Waals surface area contributed by atoms with Gasteiger partial charge in [-0.05, 0) is 164 Å². The van der Waals surface area contributed by atoms with Crippen molar-refractivity contribution in [1.29, 1.82) is 0 Å². The fourth-order valence-corrected chi connectivity index (χ4v) is 13.9. The van der Waals surface area contributed by atoms with Gasteiger partial charge in [0.25, 0.3) is 16.7 Å². The van der Waals surface area contributed by atoms with E-state index >= 15 is 0 Å². The smallest absolute Gasteiger partial charge is 0.261 e. The molecule has 0 saturated heterocycles. The Bertz CT molecular complexity index is 6590. The van der Waals surface area contributed by atoms with Crippen LogP contribution in [0, 0.1) is 12.7 Å². The Morgan fingerprint density at radius 1 is 0.496 bits per heavy atom. The maximum atomic E-state index is 15.0. The van der Waals surface area contributed by atoms with Crippen LogP contribution in [0.1, 0.15) is 22.6 Å². The van der Waals surface area contributed by atoms with E-state index in [-0.39, 0.29) is 87.8 Å². The zero-order chi connectivity index (χ0) is 83.4. The van der Waals surface area contributed by atoms with Crippen molar-refractivity contribution in [3.63, 3.8) is 0 Å². The number of nitrogens with one attached hydrogen (secondary N) is 6. The first-order valence-corrected chi connectivity index (χ1v) is 37.7. The molecule has 0 spiro atoms. The second-order valence-corrected chi connectivity index (χ2v) is 29.0. The highest BCUT2D eigenvalue weighted by Crippen LogP contribution is 2.49. The monoisotopic (exact) mass is 1620 g/mol. The Labute approximate surface area is 683 Å². The summed E-state index contributed by atoms with van der Waals surface area (Å²) in [6, 6.07) is 48.6. The Balaban J connectivity index is 0.000000140. The molecule has 32 heteroatoms. The lowest BCUT2D eigenvalue weighted by Crippen LogP contribution is -2.19. The summed E-state index contributed by atoms with van der Waals surface area (Å²) in [5.74, 6) is 2.49. The summed E-state index contributed by atoms with van der Waals surface area (Å²) >= 11 is 6.45. The number of nitrogens with two attached hydrogens (primary N) is 3. The second-order valence-electron chi connectivity index (χ2n) is 28.6. The zero-order valence-electron chi connectivity index (χ0n) is 65.3. The first-order valence-electron chi connectivity index (χ1n) is 37.4. The number of rotatable bonds is 19. The molecule has 0 radical (unpaired) electrons. The fourth-order valence-electron chi connectivity index (χ4n) is 13.7. The summed E-state index contributed by atoms with van der Waals surface area (Å²) in [6.45, 7) is 3.87. The number of pyridine rings is 4. The average molecular weight is 1620 g/mol. The molecule has 0 atom stereocenters. The predicted octanol–water partition coefficient (Wildman–Crippen LogP) is 12.8. The summed E-state index contributed by atoms with van der Waals surface area (Å²) in [6.07, 6.45) is 11.1. The Morgan fingerprint density at radius 2 is 0.916 bits per heavy atom. The number of anilines is 6. The van der Waals surface area contributed by atoms with Crippen molar-refractivity contribution in [2.75, 3.05) is 95.1 Å². The molecule has 0 bridgehead atoms. The molecule has 3 amide bonds. The van der Waals surface area contributed by atoms with Crippen LogP contribution in [0.2, 0.25) is 5.02 Å². The summed E-state index contributed by atoms with van der Waals surface area (Å²) in [5.41, 5.74) is 28.0. The SMILES string of the molecule is CN(C)C/C=C/C(=O)Nc1c(F)ccc2c1OCc1[nH]c(=O)c3c(N)n(-c4ccc(Oc5ccccc5)cc4)nc3c1-2.CN(C)C/C=C/C(=O)Nc1ccnc2c1OCc1[nH]c(=O)c3c(N)n(-c4ccc(Oc5ccccc5)cc4)nc3c1-2.Cc1ccc(Cl)c(-n2nc3c4c([nH]c(=O)c3c2N)COc2c(NC(=O)/C=C/CN(C)C)cccc2-4)c1. The van der Waals surface area contributed by atoms with Gasteiger partial charge in [0, 0.05) is 66.3 Å². The number of halogens is 2. The molecule has 17 rings (SSSR count). The van der Waals surface area contributed by atoms with E-state index in [1.165, 1.54) is 44.4 Å². The lowest BCUT2D eigenvalue weighted by Gasteiger charge is -2.23. The number of nitrogen functional groups attached to an aromatic ring is 3. The molecule has 10 heterocycles. The first kappa shape index (κ1) is 79.3. The molecule has 14 aromatic rings. The predicted molar refractivity (Wildman–Crippen MR) is 457 cm³/mol. The highest BCUT2D eigenvalue weighted by atomic mass is 35.5. The van der Waals surface area contributed by atoms with E-state index in [0.29, 0.717) is 149 Å². The van der Waals surface area contributed by atoms with Crippen LogP contribution in [0.15, 0.2) is 221 Å². The van der Waals surface area contributed by atoms with Crippen molar-refractivity contribution in [3.05, 3.63) is 271 Å². The molecule has 12 N–H and O–H groups in total. The van der Waals surface area contributed by atoms with Gasteiger partial charge in [-0.25, -0.2) is 18.4 Å². The molecule has 0 unspecified atom stereocenters. The van der Waals surface area contributed by atoms with E-state index in [0.717, 1.165) is 11.3 Å². The molecule has 119 heavy (non-hydrogen) atoms. The van der Waals surface area contributed by atoms with Crippen LogP contribution in [-0.2, 0) is 34.2 Å². The highest BCUT2D eigenvalue weighted by molar-refractivity contribution is 6.32. The number of carbonyl (C=O) groups is 3. The van der Waals surface area contributed by atoms with Crippen LogP contribution < -0.4 is 73.5 Å². The molecule has 0 saturated carbocycles. The largest absolute Gasteiger partial charge is 0.485 e. The fraction of sp³-hybridized carbons (Fsp3) is 0.149. The van der Waals surface area contributed by atoms with Gasteiger partial charge in [0.1, 0.15) is 104 Å². The van der Waals surface area contributed by atoms with Gasteiger partial charge in [0.05, 0.1) is 56.1 Å². The van der Waals surface area contributed by atoms with E-state index in [9.17, 15) is 33.2 Å². The van der Waals surface area contributed by atoms with Gasteiger partial charge in [-0.1, -0.05) is 84.4 Å². The molecule has 0 fully saturated rings. The van der Waals surface area contributed by atoms with E-state index in [1.54, 1.807) is 79.0 Å². The average Bonchev–Trinajstić information content (AvgIpc) is 1.63. The normalized spacial score (nSPS) is 12.4. The number of carbonyl (C=O) groups excluding carboxylic acids is 3. The van der Waals surface area contributed by atoms with Crippen LogP contribution in [-0.4, -0.2) is 144 Å². The van der Waals surface area contributed by atoms with Crippen LogP contribution in [0.25, 0.3) is 83.3 Å². The molecule has 7 aromatic heterocycles. The minimum absolute atomic E-state index is 0.0609. The number of H-pyrrole nitrogens is 3. The number of nitrogens with zero attached hydrogens (tertiary/aromatic N) is 10. The van der Waals surface area contributed by atoms with Crippen LogP contribution >= 0.6 is 11.6 Å². The molecule has 0 aliphatic carbocycles. The minimum atomic E-state index is -0.657. The maximum Gasteiger partial charge on any atom is 0.261 e. The Morgan fingerprint density at radius 3 is 1.41 bits per heavy atom. The molecule has 602 valence electrons. The number of fused-ring (bicyclic) bond motifs is 15. The number of aryl methyl sites for hydroxylation is 1. The number of hydrogen-bond donors (Lipinski definition) is 9. The zero-order valence-corrected chi connectivity index (χ0v) is 66.1. The van der Waals surface area contributed by atoms with E-state index in [1.807, 2.05) is 161 Å². The van der Waals surface area contributed by atoms with E-state index in [4.69, 9.17) is 67.8 Å². The number of ether oxygens (including phenoxy) is 5. The van der Waals surface area contributed by atoms with Gasteiger partial charge >= 0.3 is 0 Å². The number of aromatic amines is 3. The third kappa shape index (κ3) is 16.6. The summed E-state index contributed by atoms with van der Waals surface area (Å²) in [5, 5.41) is 23.7. The first-order chi connectivity index (χ1) is 57.4. The van der Waals surface area contributed by atoms with Crippen LogP contribution in [0.4, 0.5) is 38.9 Å². The number of benzene rings is 7. The quantitative estimate of drug-likeness (QED) is 0.0340.